The quantitative estimate of drug-likeness (QED) is 0.798. The lowest BCUT2D eigenvalue weighted by molar-refractivity contribution is -0.131. The molecule has 7 nitrogen and oxygen atoms in total. The van der Waals surface area contributed by atoms with Gasteiger partial charge in [-0.2, -0.15) is 0 Å². The van der Waals surface area contributed by atoms with Gasteiger partial charge in [-0.25, -0.2) is 18.9 Å². The van der Waals surface area contributed by atoms with Crippen molar-refractivity contribution in [2.24, 2.45) is 0 Å². The Kier molecular flexibility index (Phi) is 4.28. The molecule has 24 heavy (non-hydrogen) atoms. The maximum absolute atomic E-state index is 13.7. The summed E-state index contributed by atoms with van der Waals surface area (Å²) in [6.45, 7) is -0.389. The summed E-state index contributed by atoms with van der Waals surface area (Å²) in [5.41, 5.74) is 0.201. The molecule has 124 valence electrons. The van der Waals surface area contributed by atoms with Crippen LogP contribution in [-0.2, 0) is 14.3 Å². The van der Waals surface area contributed by atoms with Gasteiger partial charge in [-0.1, -0.05) is 12.1 Å². The predicted molar refractivity (Wildman–Crippen MR) is 77.4 cm³/mol. The van der Waals surface area contributed by atoms with E-state index in [1.54, 1.807) is 6.07 Å². The van der Waals surface area contributed by atoms with Gasteiger partial charge in [0.05, 0.1) is 12.1 Å². The number of carbonyl (C=O) groups is 3. The van der Waals surface area contributed by atoms with Crippen molar-refractivity contribution >= 4 is 18.0 Å². The average Bonchev–Trinajstić information content (AvgIpc) is 3.22. The van der Waals surface area contributed by atoms with Gasteiger partial charge in [0.2, 0.25) is 5.76 Å². The number of carbonyl (C=O) groups excluding carboxylic acids is 3. The van der Waals surface area contributed by atoms with Crippen LogP contribution >= 0.6 is 0 Å². The van der Waals surface area contributed by atoms with Crippen LogP contribution in [-0.4, -0.2) is 42.6 Å². The SMILES string of the molecule is O=C(OCC(=O)N1CCOC1=O)c1ccc(-c2ccccc2F)o1. The minimum absolute atomic E-state index is 0.114. The van der Waals surface area contributed by atoms with Crippen molar-refractivity contribution in [2.45, 2.75) is 0 Å². The molecule has 1 aromatic carbocycles. The molecule has 1 aliphatic heterocycles. The first-order valence-electron chi connectivity index (χ1n) is 7.05. The van der Waals surface area contributed by atoms with E-state index in [2.05, 4.69) is 4.74 Å². The topological polar surface area (TPSA) is 86.0 Å². The monoisotopic (exact) mass is 333 g/mol. The first kappa shape index (κ1) is 15.7. The van der Waals surface area contributed by atoms with Crippen LogP contribution < -0.4 is 0 Å². The number of cyclic esters (lactones) is 1. The average molecular weight is 333 g/mol. The summed E-state index contributed by atoms with van der Waals surface area (Å²) in [6, 6.07) is 8.68. The number of hydrogen-bond donors (Lipinski definition) is 0. The maximum Gasteiger partial charge on any atom is 0.416 e. The highest BCUT2D eigenvalue weighted by atomic mass is 19.1. The highest BCUT2D eigenvalue weighted by molar-refractivity contribution is 5.95. The van der Waals surface area contributed by atoms with Crippen molar-refractivity contribution in [3.8, 4) is 11.3 Å². The van der Waals surface area contributed by atoms with Gasteiger partial charge in [0.15, 0.2) is 6.61 Å². The normalized spacial score (nSPS) is 13.7. The predicted octanol–water partition coefficient (Wildman–Crippen LogP) is 2.22. The minimum Gasteiger partial charge on any atom is -0.450 e. The number of esters is 1. The highest BCUT2D eigenvalue weighted by Gasteiger charge is 2.29. The fourth-order valence-electron chi connectivity index (χ4n) is 2.15. The standard InChI is InChI=1S/C16H12FNO6/c17-11-4-2-1-3-10(11)12-5-6-13(24-12)15(20)23-9-14(19)18-7-8-22-16(18)21/h1-6H,7-9H2. The van der Waals surface area contributed by atoms with E-state index in [0.717, 1.165) is 4.90 Å². The number of ether oxygens (including phenoxy) is 2. The molecule has 2 aromatic rings. The molecule has 0 unspecified atom stereocenters. The molecule has 1 aliphatic rings. The Balaban J connectivity index is 1.63. The Morgan fingerprint density at radius 3 is 2.71 bits per heavy atom. The van der Waals surface area contributed by atoms with Crippen molar-refractivity contribution in [1.29, 1.82) is 0 Å². The van der Waals surface area contributed by atoms with Crippen molar-refractivity contribution < 1.29 is 32.7 Å². The first-order chi connectivity index (χ1) is 11.6. The zero-order valence-electron chi connectivity index (χ0n) is 12.4. The van der Waals surface area contributed by atoms with Crippen molar-refractivity contribution in [3.63, 3.8) is 0 Å². The molecule has 2 amide bonds. The largest absolute Gasteiger partial charge is 0.450 e. The lowest BCUT2D eigenvalue weighted by atomic mass is 10.1. The minimum atomic E-state index is -0.890. The second-order valence-electron chi connectivity index (χ2n) is 4.88. The number of furan rings is 1. The van der Waals surface area contributed by atoms with E-state index >= 15 is 0 Å². The van der Waals surface area contributed by atoms with Crippen LogP contribution in [0.25, 0.3) is 11.3 Å². The van der Waals surface area contributed by atoms with Crippen LogP contribution in [0.4, 0.5) is 9.18 Å². The first-order valence-corrected chi connectivity index (χ1v) is 7.05. The molecule has 8 heteroatoms. The molecule has 3 rings (SSSR count). The van der Waals surface area contributed by atoms with E-state index in [1.807, 2.05) is 0 Å². The van der Waals surface area contributed by atoms with E-state index in [-0.39, 0.29) is 30.2 Å². The van der Waals surface area contributed by atoms with Crippen LogP contribution in [0, 0.1) is 5.82 Å². The van der Waals surface area contributed by atoms with Crippen molar-refractivity contribution in [2.75, 3.05) is 19.8 Å². The Bertz CT molecular complexity index is 799. The molecule has 1 fully saturated rings. The number of imide groups is 1. The van der Waals surface area contributed by atoms with Gasteiger partial charge < -0.3 is 13.9 Å². The number of hydrogen-bond acceptors (Lipinski definition) is 6. The number of benzene rings is 1. The maximum atomic E-state index is 13.7. The molecular weight excluding hydrogens is 321 g/mol. The van der Waals surface area contributed by atoms with Gasteiger partial charge in [0, 0.05) is 0 Å². The summed E-state index contributed by atoms with van der Waals surface area (Å²) in [5.74, 6) is -2.08. The highest BCUT2D eigenvalue weighted by Crippen LogP contribution is 2.25. The molecule has 0 saturated carbocycles. The zero-order valence-corrected chi connectivity index (χ0v) is 12.4. The van der Waals surface area contributed by atoms with Crippen LogP contribution in [0.15, 0.2) is 40.8 Å². The number of halogens is 1. The summed E-state index contributed by atoms with van der Waals surface area (Å²) in [6.07, 6.45) is -0.768. The molecule has 2 heterocycles. The van der Waals surface area contributed by atoms with Crippen LogP contribution in [0.1, 0.15) is 10.6 Å². The van der Waals surface area contributed by atoms with Crippen LogP contribution in [0.3, 0.4) is 0 Å². The molecule has 1 aromatic heterocycles. The Morgan fingerprint density at radius 1 is 1.21 bits per heavy atom. The Labute approximate surface area is 135 Å². The number of nitrogens with zero attached hydrogens (tertiary/aromatic N) is 1. The molecule has 0 atom stereocenters. The van der Waals surface area contributed by atoms with Crippen LogP contribution in [0.2, 0.25) is 0 Å². The molecule has 1 saturated heterocycles. The summed E-state index contributed by atoms with van der Waals surface area (Å²) in [7, 11) is 0. The van der Waals surface area contributed by atoms with Gasteiger partial charge in [-0.05, 0) is 24.3 Å². The van der Waals surface area contributed by atoms with Gasteiger partial charge in [0.1, 0.15) is 18.2 Å². The third-order valence-electron chi connectivity index (χ3n) is 3.34. The summed E-state index contributed by atoms with van der Waals surface area (Å²) < 4.78 is 28.4. The second kappa shape index (κ2) is 6.53. The van der Waals surface area contributed by atoms with E-state index < -0.39 is 30.4 Å². The lowest BCUT2D eigenvalue weighted by Crippen LogP contribution is -2.35. The molecular formula is C16H12FNO6. The fraction of sp³-hybridized carbons (Fsp3) is 0.188. The van der Waals surface area contributed by atoms with Crippen molar-refractivity contribution in [3.05, 3.63) is 48.0 Å². The molecule has 0 radical (unpaired) electrons. The second-order valence-corrected chi connectivity index (χ2v) is 4.88. The number of rotatable bonds is 4. The summed E-state index contributed by atoms with van der Waals surface area (Å²) in [5, 5.41) is 0. The Morgan fingerprint density at radius 2 is 2.00 bits per heavy atom. The van der Waals surface area contributed by atoms with Gasteiger partial charge in [0.25, 0.3) is 5.91 Å². The number of amides is 2. The van der Waals surface area contributed by atoms with E-state index in [1.165, 1.54) is 30.3 Å². The van der Waals surface area contributed by atoms with Gasteiger partial charge >= 0.3 is 12.1 Å². The van der Waals surface area contributed by atoms with Crippen LogP contribution in [0.5, 0.6) is 0 Å². The van der Waals surface area contributed by atoms with E-state index in [9.17, 15) is 18.8 Å². The molecule has 0 N–H and O–H groups in total. The van der Waals surface area contributed by atoms with Gasteiger partial charge in [-0.15, -0.1) is 0 Å². The summed E-state index contributed by atoms with van der Waals surface area (Å²) in [4.78, 5) is 35.7. The fourth-order valence-corrected chi connectivity index (χ4v) is 2.15. The molecule has 0 bridgehead atoms. The molecule has 0 aliphatic carbocycles. The third kappa shape index (κ3) is 3.12. The zero-order chi connectivity index (χ0) is 17.1. The van der Waals surface area contributed by atoms with Gasteiger partial charge in [-0.3, -0.25) is 4.79 Å². The third-order valence-corrected chi connectivity index (χ3v) is 3.34. The Hall–Kier alpha value is -3.16. The lowest BCUT2D eigenvalue weighted by Gasteiger charge is -2.10. The smallest absolute Gasteiger partial charge is 0.416 e. The molecule has 0 spiro atoms. The van der Waals surface area contributed by atoms with Crippen molar-refractivity contribution in [1.82, 2.24) is 4.90 Å². The summed E-state index contributed by atoms with van der Waals surface area (Å²) >= 11 is 0. The van der Waals surface area contributed by atoms with E-state index in [0.29, 0.717) is 0 Å². The van der Waals surface area contributed by atoms with E-state index in [4.69, 9.17) is 9.15 Å².